The summed E-state index contributed by atoms with van der Waals surface area (Å²) in [6, 6.07) is 3.09. The van der Waals surface area contributed by atoms with Crippen molar-refractivity contribution in [2.24, 2.45) is 0 Å². The molecule has 0 aliphatic heterocycles. The normalized spacial score (nSPS) is 14.3. The van der Waals surface area contributed by atoms with Gasteiger partial charge in [-0.2, -0.15) is 0 Å². The molecule has 6 heteroatoms. The molecule has 0 bridgehead atoms. The van der Waals surface area contributed by atoms with Crippen LogP contribution in [0.4, 0.5) is 0 Å². The molecule has 1 aromatic carbocycles. The van der Waals surface area contributed by atoms with E-state index >= 15 is 0 Å². The summed E-state index contributed by atoms with van der Waals surface area (Å²) in [5, 5.41) is 14.2. The molecule has 0 spiro atoms. The van der Waals surface area contributed by atoms with Crippen molar-refractivity contribution >= 4 is 34.8 Å². The molecule has 102 valence electrons. The summed E-state index contributed by atoms with van der Waals surface area (Å²) in [6.45, 7) is 4.92. The molecule has 1 unspecified atom stereocenters. The molecule has 18 heavy (non-hydrogen) atoms. The van der Waals surface area contributed by atoms with Crippen LogP contribution in [0.1, 0.15) is 13.8 Å². The maximum atomic E-state index is 10.0. The van der Waals surface area contributed by atoms with E-state index in [1.54, 1.807) is 19.1 Å². The Morgan fingerprint density at radius 3 is 2.33 bits per heavy atom. The summed E-state index contributed by atoms with van der Waals surface area (Å²) < 4.78 is 5.47. The second-order valence-electron chi connectivity index (χ2n) is 4.26. The largest absolute Gasteiger partial charge is 0.487 e. The molecular formula is C12H16Cl3NO2. The van der Waals surface area contributed by atoms with Gasteiger partial charge in [0.1, 0.15) is 12.2 Å². The van der Waals surface area contributed by atoms with Gasteiger partial charge in [0.2, 0.25) is 0 Å². The second kappa shape index (κ2) is 6.83. The highest BCUT2D eigenvalue weighted by atomic mass is 35.5. The third kappa shape index (κ3) is 4.82. The second-order valence-corrected chi connectivity index (χ2v) is 5.52. The average Bonchev–Trinajstić information content (AvgIpc) is 2.24. The fourth-order valence-electron chi connectivity index (χ4n) is 1.34. The summed E-state index contributed by atoms with van der Waals surface area (Å²) in [6.07, 6.45) is 0. The zero-order chi connectivity index (χ0) is 13.8. The molecule has 0 aliphatic carbocycles. The van der Waals surface area contributed by atoms with Crippen LogP contribution in [-0.4, -0.2) is 30.4 Å². The number of halogens is 3. The smallest absolute Gasteiger partial charge is 0.156 e. The lowest BCUT2D eigenvalue weighted by molar-refractivity contribution is 0.0128. The van der Waals surface area contributed by atoms with Gasteiger partial charge in [0.05, 0.1) is 10.0 Å². The lowest BCUT2D eigenvalue weighted by atomic mass is 10.1. The van der Waals surface area contributed by atoms with Crippen LogP contribution < -0.4 is 10.1 Å². The van der Waals surface area contributed by atoms with Crippen molar-refractivity contribution in [3.8, 4) is 5.75 Å². The molecule has 1 atom stereocenters. The first-order chi connectivity index (χ1) is 8.35. The van der Waals surface area contributed by atoms with Crippen LogP contribution in [-0.2, 0) is 0 Å². The number of ether oxygens (including phenoxy) is 1. The van der Waals surface area contributed by atoms with E-state index in [1.807, 2.05) is 6.92 Å². The van der Waals surface area contributed by atoms with Crippen molar-refractivity contribution in [2.75, 3.05) is 19.7 Å². The molecule has 1 aromatic rings. The lowest BCUT2D eigenvalue weighted by Crippen LogP contribution is -2.42. The van der Waals surface area contributed by atoms with Crippen molar-refractivity contribution < 1.29 is 9.84 Å². The average molecular weight is 313 g/mol. The first kappa shape index (κ1) is 15.9. The predicted molar refractivity (Wildman–Crippen MR) is 76.1 cm³/mol. The van der Waals surface area contributed by atoms with Crippen molar-refractivity contribution in [3.05, 3.63) is 27.2 Å². The van der Waals surface area contributed by atoms with Gasteiger partial charge in [0, 0.05) is 11.6 Å². The Bertz CT molecular complexity index is 387. The van der Waals surface area contributed by atoms with Crippen LogP contribution in [0.3, 0.4) is 0 Å². The Hall–Kier alpha value is -0.190. The Balaban J connectivity index is 2.69. The first-order valence-corrected chi connectivity index (χ1v) is 6.69. The number of likely N-dealkylation sites (N-methyl/N-ethyl adjacent to an activating group) is 1. The van der Waals surface area contributed by atoms with Crippen molar-refractivity contribution in [3.63, 3.8) is 0 Å². The molecule has 2 N–H and O–H groups in total. The monoisotopic (exact) mass is 311 g/mol. The summed E-state index contributed by atoms with van der Waals surface area (Å²) in [7, 11) is 0. The summed E-state index contributed by atoms with van der Waals surface area (Å²) in [5.74, 6) is 0.333. The van der Waals surface area contributed by atoms with Crippen LogP contribution in [0.15, 0.2) is 12.1 Å². The molecule has 0 heterocycles. The van der Waals surface area contributed by atoms with E-state index in [9.17, 15) is 5.11 Å². The van der Waals surface area contributed by atoms with Gasteiger partial charge in [-0.1, -0.05) is 41.7 Å². The quantitative estimate of drug-likeness (QED) is 0.846. The zero-order valence-electron chi connectivity index (χ0n) is 10.3. The number of nitrogens with one attached hydrogen (secondary N) is 1. The Kier molecular flexibility index (Phi) is 6.02. The molecule has 0 fully saturated rings. The standard InChI is InChI=1S/C12H16Cl3NO2/c1-3-16-6-12(2,17)7-18-11-9(14)4-8(13)5-10(11)15/h4-5,16-17H,3,6-7H2,1-2H3. The van der Waals surface area contributed by atoms with Crippen molar-refractivity contribution in [2.45, 2.75) is 19.4 Å². The zero-order valence-corrected chi connectivity index (χ0v) is 12.5. The molecule has 0 saturated heterocycles. The van der Waals surface area contributed by atoms with E-state index in [1.165, 1.54) is 0 Å². The summed E-state index contributed by atoms with van der Waals surface area (Å²) in [5.41, 5.74) is -0.998. The topological polar surface area (TPSA) is 41.5 Å². The van der Waals surface area contributed by atoms with E-state index in [4.69, 9.17) is 39.5 Å². The number of hydrogen-bond donors (Lipinski definition) is 2. The van der Waals surface area contributed by atoms with Crippen LogP contribution in [0.25, 0.3) is 0 Å². The van der Waals surface area contributed by atoms with E-state index in [2.05, 4.69) is 5.32 Å². The maximum Gasteiger partial charge on any atom is 0.156 e. The minimum absolute atomic E-state index is 0.0844. The molecular weight excluding hydrogens is 296 g/mol. The molecule has 0 radical (unpaired) electrons. The van der Waals surface area contributed by atoms with Crippen LogP contribution in [0.5, 0.6) is 5.75 Å². The number of aliphatic hydroxyl groups is 1. The Labute approximate surface area is 122 Å². The van der Waals surface area contributed by atoms with Crippen molar-refractivity contribution in [1.29, 1.82) is 0 Å². The fraction of sp³-hybridized carbons (Fsp3) is 0.500. The van der Waals surface area contributed by atoms with Gasteiger partial charge < -0.3 is 15.2 Å². The highest BCUT2D eigenvalue weighted by Crippen LogP contribution is 2.36. The highest BCUT2D eigenvalue weighted by Gasteiger charge is 2.22. The fourth-order valence-corrected chi connectivity index (χ4v) is 2.27. The molecule has 0 saturated carbocycles. The first-order valence-electron chi connectivity index (χ1n) is 5.56. The van der Waals surface area contributed by atoms with E-state index in [0.717, 1.165) is 6.54 Å². The summed E-state index contributed by atoms with van der Waals surface area (Å²) >= 11 is 17.8. The van der Waals surface area contributed by atoms with Crippen LogP contribution in [0, 0.1) is 0 Å². The highest BCUT2D eigenvalue weighted by molar-refractivity contribution is 6.40. The minimum Gasteiger partial charge on any atom is -0.487 e. The van der Waals surface area contributed by atoms with Crippen molar-refractivity contribution in [1.82, 2.24) is 5.32 Å². The predicted octanol–water partition coefficient (Wildman–Crippen LogP) is 3.39. The number of rotatable bonds is 6. The lowest BCUT2D eigenvalue weighted by Gasteiger charge is -2.24. The molecule has 0 aromatic heterocycles. The van der Waals surface area contributed by atoms with Gasteiger partial charge >= 0.3 is 0 Å². The third-order valence-electron chi connectivity index (χ3n) is 2.25. The van der Waals surface area contributed by atoms with Gasteiger partial charge in [0.25, 0.3) is 0 Å². The van der Waals surface area contributed by atoms with Gasteiger partial charge in [0.15, 0.2) is 5.75 Å². The van der Waals surface area contributed by atoms with E-state index < -0.39 is 5.60 Å². The Morgan fingerprint density at radius 2 is 1.83 bits per heavy atom. The molecule has 1 rings (SSSR count). The third-order valence-corrected chi connectivity index (χ3v) is 3.03. The number of benzene rings is 1. The Morgan fingerprint density at radius 1 is 1.28 bits per heavy atom. The van der Waals surface area contributed by atoms with Gasteiger partial charge in [-0.3, -0.25) is 0 Å². The minimum atomic E-state index is -0.998. The maximum absolute atomic E-state index is 10.0. The van der Waals surface area contributed by atoms with Gasteiger partial charge in [-0.15, -0.1) is 0 Å². The summed E-state index contributed by atoms with van der Waals surface area (Å²) in [4.78, 5) is 0. The van der Waals surface area contributed by atoms with Gasteiger partial charge in [-0.25, -0.2) is 0 Å². The molecule has 0 amide bonds. The van der Waals surface area contributed by atoms with Gasteiger partial charge in [-0.05, 0) is 25.6 Å². The van der Waals surface area contributed by atoms with E-state index in [0.29, 0.717) is 27.4 Å². The molecule has 3 nitrogen and oxygen atoms in total. The SMILES string of the molecule is CCNCC(C)(O)COc1c(Cl)cc(Cl)cc1Cl. The van der Waals surface area contributed by atoms with Crippen LogP contribution >= 0.6 is 34.8 Å². The number of hydrogen-bond acceptors (Lipinski definition) is 3. The van der Waals surface area contributed by atoms with E-state index in [-0.39, 0.29) is 6.61 Å². The van der Waals surface area contributed by atoms with Crippen LogP contribution in [0.2, 0.25) is 15.1 Å². The molecule has 0 aliphatic rings.